The molecule has 0 radical (unpaired) electrons. The highest BCUT2D eigenvalue weighted by Gasteiger charge is 2.09. The van der Waals surface area contributed by atoms with Crippen LogP contribution in [0.4, 0.5) is 0 Å². The molecule has 2 aromatic rings. The number of rotatable bonds is 7. The van der Waals surface area contributed by atoms with Crippen molar-refractivity contribution in [3.05, 3.63) is 47.8 Å². The fraction of sp³-hybridized carbons (Fsp3) is 0.400. The predicted octanol–water partition coefficient (Wildman–Crippen LogP) is 2.29. The molecule has 1 aromatic carbocycles. The molecule has 0 bridgehead atoms. The van der Waals surface area contributed by atoms with Crippen LogP contribution in [0.3, 0.4) is 0 Å². The minimum absolute atomic E-state index is 0.301. The van der Waals surface area contributed by atoms with Crippen molar-refractivity contribution in [2.24, 2.45) is 12.9 Å². The van der Waals surface area contributed by atoms with Gasteiger partial charge in [0.25, 0.3) is 0 Å². The van der Waals surface area contributed by atoms with E-state index in [1.54, 1.807) is 0 Å². The van der Waals surface area contributed by atoms with Crippen LogP contribution in [0.1, 0.15) is 17.7 Å². The first-order valence-electron chi connectivity index (χ1n) is 6.81. The van der Waals surface area contributed by atoms with Crippen LogP contribution in [0.5, 0.6) is 0 Å². The summed E-state index contributed by atoms with van der Waals surface area (Å²) >= 11 is 1.84. The molecule has 20 heavy (non-hydrogen) atoms. The minimum Gasteiger partial charge on any atom is -0.273 e. The van der Waals surface area contributed by atoms with Crippen molar-refractivity contribution < 1.29 is 0 Å². The molecule has 1 aromatic heterocycles. The van der Waals surface area contributed by atoms with E-state index in [0.29, 0.717) is 6.04 Å². The Hall–Kier alpha value is -1.30. The standard InChI is InChI=1S/C15H22N4S/c1-12-4-3-5-15(10-12)20-11-13(18-16)6-7-14-8-9-17-19(14)2/h3-5,8-10,13,18H,6-7,11,16H2,1-2H3. The minimum atomic E-state index is 0.301. The molecule has 0 aliphatic heterocycles. The SMILES string of the molecule is Cc1cccc(SCC(CCc2ccnn2C)NN)c1. The van der Waals surface area contributed by atoms with Gasteiger partial charge in [0.2, 0.25) is 0 Å². The summed E-state index contributed by atoms with van der Waals surface area (Å²) < 4.78 is 1.92. The quantitative estimate of drug-likeness (QED) is 0.467. The van der Waals surface area contributed by atoms with Gasteiger partial charge in [-0.1, -0.05) is 17.7 Å². The van der Waals surface area contributed by atoms with Crippen molar-refractivity contribution in [1.29, 1.82) is 0 Å². The molecule has 0 aliphatic carbocycles. The molecule has 4 nitrogen and oxygen atoms in total. The van der Waals surface area contributed by atoms with Gasteiger partial charge in [-0.3, -0.25) is 16.0 Å². The van der Waals surface area contributed by atoms with Crippen LogP contribution in [0.15, 0.2) is 41.4 Å². The van der Waals surface area contributed by atoms with Crippen LogP contribution >= 0.6 is 11.8 Å². The number of nitrogens with two attached hydrogens (primary N) is 1. The van der Waals surface area contributed by atoms with Crippen LogP contribution in [0.25, 0.3) is 0 Å². The molecule has 0 fully saturated rings. The number of benzene rings is 1. The smallest absolute Gasteiger partial charge is 0.0492 e. The number of hydrazine groups is 1. The fourth-order valence-corrected chi connectivity index (χ4v) is 3.19. The number of thioether (sulfide) groups is 1. The maximum atomic E-state index is 5.66. The Morgan fingerprint density at radius 1 is 1.40 bits per heavy atom. The van der Waals surface area contributed by atoms with E-state index in [2.05, 4.69) is 47.8 Å². The molecule has 0 saturated heterocycles. The average molecular weight is 290 g/mol. The van der Waals surface area contributed by atoms with Gasteiger partial charge in [0, 0.05) is 35.6 Å². The third-order valence-corrected chi connectivity index (χ3v) is 4.50. The number of aromatic nitrogens is 2. The highest BCUT2D eigenvalue weighted by Crippen LogP contribution is 2.20. The first-order chi connectivity index (χ1) is 9.69. The number of aryl methyl sites for hydroxylation is 3. The Labute approximate surface area is 124 Å². The van der Waals surface area contributed by atoms with Crippen molar-refractivity contribution in [3.63, 3.8) is 0 Å². The Kier molecular flexibility index (Phi) is 5.64. The van der Waals surface area contributed by atoms with E-state index in [1.165, 1.54) is 16.2 Å². The van der Waals surface area contributed by atoms with E-state index in [4.69, 9.17) is 5.84 Å². The van der Waals surface area contributed by atoms with Gasteiger partial charge >= 0.3 is 0 Å². The van der Waals surface area contributed by atoms with E-state index in [-0.39, 0.29) is 0 Å². The van der Waals surface area contributed by atoms with Crippen molar-refractivity contribution in [3.8, 4) is 0 Å². The van der Waals surface area contributed by atoms with Gasteiger partial charge in [-0.2, -0.15) is 5.10 Å². The molecule has 0 saturated carbocycles. The molecular formula is C15H22N4S. The zero-order valence-electron chi connectivity index (χ0n) is 12.0. The maximum Gasteiger partial charge on any atom is 0.0492 e. The monoisotopic (exact) mass is 290 g/mol. The molecule has 0 spiro atoms. The maximum absolute atomic E-state index is 5.66. The van der Waals surface area contributed by atoms with Crippen molar-refractivity contribution >= 4 is 11.8 Å². The molecule has 2 rings (SSSR count). The molecule has 0 aliphatic rings. The average Bonchev–Trinajstić information content (AvgIpc) is 2.85. The third-order valence-electron chi connectivity index (χ3n) is 3.35. The molecule has 1 unspecified atom stereocenters. The van der Waals surface area contributed by atoms with Crippen LogP contribution in [0, 0.1) is 6.92 Å². The molecule has 1 atom stereocenters. The van der Waals surface area contributed by atoms with Gasteiger partial charge in [-0.15, -0.1) is 11.8 Å². The largest absolute Gasteiger partial charge is 0.273 e. The van der Waals surface area contributed by atoms with E-state index >= 15 is 0 Å². The van der Waals surface area contributed by atoms with Crippen LogP contribution in [-0.4, -0.2) is 21.6 Å². The van der Waals surface area contributed by atoms with E-state index in [1.807, 2.05) is 29.7 Å². The van der Waals surface area contributed by atoms with Gasteiger partial charge in [-0.25, -0.2) is 0 Å². The zero-order chi connectivity index (χ0) is 14.4. The van der Waals surface area contributed by atoms with Crippen LogP contribution in [0.2, 0.25) is 0 Å². The summed E-state index contributed by atoms with van der Waals surface area (Å²) in [5.41, 5.74) is 5.45. The van der Waals surface area contributed by atoms with E-state index < -0.39 is 0 Å². The summed E-state index contributed by atoms with van der Waals surface area (Å²) in [6.07, 6.45) is 3.83. The van der Waals surface area contributed by atoms with Crippen molar-refractivity contribution in [2.75, 3.05) is 5.75 Å². The molecule has 1 heterocycles. The normalized spacial score (nSPS) is 12.6. The van der Waals surface area contributed by atoms with Gasteiger partial charge in [0.05, 0.1) is 0 Å². The molecule has 0 amide bonds. The Morgan fingerprint density at radius 2 is 2.25 bits per heavy atom. The Balaban J connectivity index is 1.82. The molecule has 3 N–H and O–H groups in total. The fourth-order valence-electron chi connectivity index (χ4n) is 2.09. The van der Waals surface area contributed by atoms with Gasteiger partial charge in [0.15, 0.2) is 0 Å². The highest BCUT2D eigenvalue weighted by molar-refractivity contribution is 7.99. The second kappa shape index (κ2) is 7.47. The third kappa shape index (κ3) is 4.37. The zero-order valence-corrected chi connectivity index (χ0v) is 12.9. The predicted molar refractivity (Wildman–Crippen MR) is 84.5 cm³/mol. The van der Waals surface area contributed by atoms with E-state index in [9.17, 15) is 0 Å². The molecule has 5 heteroatoms. The second-order valence-electron chi connectivity index (χ2n) is 4.98. The van der Waals surface area contributed by atoms with Crippen molar-refractivity contribution in [1.82, 2.24) is 15.2 Å². The highest BCUT2D eigenvalue weighted by atomic mass is 32.2. The summed E-state index contributed by atoms with van der Waals surface area (Å²) in [6, 6.07) is 10.9. The first kappa shape index (κ1) is 15.1. The van der Waals surface area contributed by atoms with Crippen LogP contribution < -0.4 is 11.3 Å². The summed E-state index contributed by atoms with van der Waals surface area (Å²) in [7, 11) is 1.97. The first-order valence-corrected chi connectivity index (χ1v) is 7.80. The summed E-state index contributed by atoms with van der Waals surface area (Å²) in [5.74, 6) is 6.63. The van der Waals surface area contributed by atoms with Gasteiger partial charge in [-0.05, 0) is 38.0 Å². The number of nitrogens with one attached hydrogen (secondary N) is 1. The lowest BCUT2D eigenvalue weighted by atomic mass is 10.1. The topological polar surface area (TPSA) is 55.9 Å². The number of nitrogens with zero attached hydrogens (tertiary/aromatic N) is 2. The number of hydrogen-bond acceptors (Lipinski definition) is 4. The lowest BCUT2D eigenvalue weighted by Gasteiger charge is -2.15. The summed E-state index contributed by atoms with van der Waals surface area (Å²) in [5, 5.41) is 4.18. The lowest BCUT2D eigenvalue weighted by molar-refractivity contribution is 0.528. The molecular weight excluding hydrogens is 268 g/mol. The van der Waals surface area contributed by atoms with Crippen molar-refractivity contribution in [2.45, 2.75) is 30.7 Å². The summed E-state index contributed by atoms with van der Waals surface area (Å²) in [6.45, 7) is 2.12. The Morgan fingerprint density at radius 3 is 2.90 bits per heavy atom. The van der Waals surface area contributed by atoms with Gasteiger partial charge < -0.3 is 0 Å². The second-order valence-corrected chi connectivity index (χ2v) is 6.07. The lowest BCUT2D eigenvalue weighted by Crippen LogP contribution is -2.37. The molecule has 108 valence electrons. The number of hydrogen-bond donors (Lipinski definition) is 2. The van der Waals surface area contributed by atoms with E-state index in [0.717, 1.165) is 18.6 Å². The van der Waals surface area contributed by atoms with Crippen LogP contribution in [-0.2, 0) is 13.5 Å². The van der Waals surface area contributed by atoms with Gasteiger partial charge in [0.1, 0.15) is 0 Å². The summed E-state index contributed by atoms with van der Waals surface area (Å²) in [4.78, 5) is 1.30. The Bertz CT molecular complexity index is 538.